The molecule has 2 heterocycles. The summed E-state index contributed by atoms with van der Waals surface area (Å²) in [4.78, 5) is 14.5. The van der Waals surface area contributed by atoms with E-state index in [2.05, 4.69) is 6.58 Å². The molecule has 0 aromatic heterocycles. The van der Waals surface area contributed by atoms with E-state index in [1.54, 1.807) is 34.6 Å². The second-order valence-corrected chi connectivity index (χ2v) is 13.9. The van der Waals surface area contributed by atoms with Gasteiger partial charge in [0.15, 0.2) is 12.1 Å². The largest absolute Gasteiger partial charge is 0.492 e. The number of aliphatic hydroxyl groups is 8. The second-order valence-electron chi connectivity index (χ2n) is 13.9. The van der Waals surface area contributed by atoms with Crippen molar-refractivity contribution in [3.63, 3.8) is 0 Å². The van der Waals surface area contributed by atoms with Gasteiger partial charge in [-0.3, -0.25) is 4.79 Å². The van der Waals surface area contributed by atoms with Gasteiger partial charge in [-0.05, 0) is 30.9 Å². The molecule has 0 spiro atoms. The number of ketones is 1. The summed E-state index contributed by atoms with van der Waals surface area (Å²) in [5, 5.41) is 86.8. The van der Waals surface area contributed by atoms with E-state index in [9.17, 15) is 45.6 Å². The van der Waals surface area contributed by atoms with Crippen molar-refractivity contribution in [1.29, 1.82) is 0 Å². The molecular formula is C30H46O13. The Morgan fingerprint density at radius 3 is 2.30 bits per heavy atom. The Hall–Kier alpha value is -1.49. The first-order valence-electron chi connectivity index (χ1n) is 14.8. The Morgan fingerprint density at radius 2 is 1.72 bits per heavy atom. The SMILES string of the molecule is C=C(COC1OC(CO)C(O)C(O)C1O)OC1CC2OCC2(O)C2[C@H](C)C3(O)CC(O)C(C)=C(C(O)C(=O)[C@]12C)C3(C)C. The van der Waals surface area contributed by atoms with E-state index in [0.717, 1.165) is 0 Å². The first-order chi connectivity index (χ1) is 19.9. The van der Waals surface area contributed by atoms with Gasteiger partial charge in [0.2, 0.25) is 0 Å². The first-order valence-corrected chi connectivity index (χ1v) is 14.8. The van der Waals surface area contributed by atoms with Gasteiger partial charge in [-0.15, -0.1) is 0 Å². The summed E-state index contributed by atoms with van der Waals surface area (Å²) in [5.41, 5.74) is -5.19. The second kappa shape index (κ2) is 10.8. The molecule has 2 saturated heterocycles. The summed E-state index contributed by atoms with van der Waals surface area (Å²) in [6, 6.07) is 0. The van der Waals surface area contributed by atoms with Gasteiger partial charge in [-0.25, -0.2) is 0 Å². The summed E-state index contributed by atoms with van der Waals surface area (Å²) in [7, 11) is 0. The standard InChI is InChI=1S/C30H46O13/c1-12(10-40-26-23(36)22(35)20(33)16(9-31)43-26)42-17-7-18-29(38,11-41-18)24-14(3)30(39)8-15(32)13(2)19(27(30,4)5)21(34)25(37)28(17,24)6/h14-18,20-24,26,31-36,38-39H,1,7-11H2,2-6H3/t14-,15?,16?,17?,18?,20?,21?,22?,23?,24?,26?,28+,29?,30?/m0/s1. The van der Waals surface area contributed by atoms with Crippen LogP contribution in [-0.4, -0.2) is 133 Å². The van der Waals surface area contributed by atoms with E-state index < -0.39 is 101 Å². The zero-order valence-corrected chi connectivity index (χ0v) is 25.2. The molecule has 0 amide bonds. The average Bonchev–Trinajstić information content (AvgIpc) is 2.94. The molecule has 14 atom stereocenters. The third-order valence-electron chi connectivity index (χ3n) is 11.4. The predicted molar refractivity (Wildman–Crippen MR) is 147 cm³/mol. The average molecular weight is 615 g/mol. The van der Waals surface area contributed by atoms with Crippen molar-refractivity contribution in [2.45, 2.75) is 114 Å². The third-order valence-corrected chi connectivity index (χ3v) is 11.4. The number of hydrogen-bond acceptors (Lipinski definition) is 13. The Morgan fingerprint density at radius 1 is 1.07 bits per heavy atom. The van der Waals surface area contributed by atoms with Gasteiger partial charge in [0, 0.05) is 24.2 Å². The Kier molecular flexibility index (Phi) is 8.26. The molecule has 13 nitrogen and oxygen atoms in total. The Balaban J connectivity index is 1.47. The number of hydrogen-bond donors (Lipinski definition) is 8. The van der Waals surface area contributed by atoms with Gasteiger partial charge >= 0.3 is 0 Å². The highest BCUT2D eigenvalue weighted by Gasteiger charge is 2.74. The highest BCUT2D eigenvalue weighted by molar-refractivity contribution is 5.93. The maximum atomic E-state index is 14.5. The molecule has 0 aromatic carbocycles. The van der Waals surface area contributed by atoms with Gasteiger partial charge in [0.05, 0.1) is 36.4 Å². The summed E-state index contributed by atoms with van der Waals surface area (Å²) < 4.78 is 22.9. The summed E-state index contributed by atoms with van der Waals surface area (Å²) >= 11 is 0. The monoisotopic (exact) mass is 614 g/mol. The van der Waals surface area contributed by atoms with E-state index in [-0.39, 0.29) is 37.4 Å². The van der Waals surface area contributed by atoms with Crippen LogP contribution in [0.15, 0.2) is 23.5 Å². The van der Waals surface area contributed by atoms with Crippen LogP contribution < -0.4 is 0 Å². The fraction of sp³-hybridized carbons (Fsp3) is 0.833. The smallest absolute Gasteiger partial charge is 0.187 e. The maximum absolute atomic E-state index is 14.5. The van der Waals surface area contributed by atoms with Crippen LogP contribution in [0.4, 0.5) is 0 Å². The minimum absolute atomic E-state index is 0.00578. The lowest BCUT2D eigenvalue weighted by atomic mass is 9.43. The lowest BCUT2D eigenvalue weighted by Crippen LogP contribution is -2.79. The minimum atomic E-state index is -1.71. The van der Waals surface area contributed by atoms with Crippen molar-refractivity contribution in [3.8, 4) is 0 Å². The Labute approximate surface area is 250 Å². The molecule has 8 N–H and O–H groups in total. The summed E-state index contributed by atoms with van der Waals surface area (Å²) in [6.45, 7) is 11.3. The van der Waals surface area contributed by atoms with Crippen molar-refractivity contribution in [2.24, 2.45) is 22.7 Å². The van der Waals surface area contributed by atoms with Crippen LogP contribution in [0.3, 0.4) is 0 Å². The number of rotatable bonds is 6. The molecule has 43 heavy (non-hydrogen) atoms. The molecule has 5 aliphatic rings. The number of carbonyl (C=O) groups is 1. The molecule has 2 bridgehead atoms. The van der Waals surface area contributed by atoms with Gasteiger partial charge in [-0.2, -0.15) is 0 Å². The third kappa shape index (κ3) is 4.50. The van der Waals surface area contributed by atoms with Crippen LogP contribution in [0.2, 0.25) is 0 Å². The van der Waals surface area contributed by atoms with Gasteiger partial charge in [0.25, 0.3) is 0 Å². The fourth-order valence-electron chi connectivity index (χ4n) is 8.77. The van der Waals surface area contributed by atoms with Gasteiger partial charge < -0.3 is 59.8 Å². The molecule has 12 unspecified atom stereocenters. The Bertz CT molecular complexity index is 1170. The van der Waals surface area contributed by atoms with Crippen LogP contribution in [0.25, 0.3) is 0 Å². The topological polar surface area (TPSA) is 216 Å². The number of Topliss-reactive ketones (excluding diaryl/α,β-unsaturated/α-hetero) is 1. The van der Waals surface area contributed by atoms with Crippen molar-refractivity contribution >= 4 is 5.78 Å². The predicted octanol–water partition coefficient (Wildman–Crippen LogP) is -1.72. The van der Waals surface area contributed by atoms with Gasteiger partial charge in [0.1, 0.15) is 54.6 Å². The van der Waals surface area contributed by atoms with Crippen LogP contribution in [-0.2, 0) is 23.7 Å². The quantitative estimate of drug-likeness (QED) is 0.124. The molecule has 244 valence electrons. The highest BCUT2D eigenvalue weighted by Crippen LogP contribution is 2.64. The number of carbonyl (C=O) groups excluding carboxylic acids is 1. The van der Waals surface area contributed by atoms with E-state index in [0.29, 0.717) is 5.57 Å². The molecule has 2 saturated carbocycles. The lowest BCUT2D eigenvalue weighted by molar-refractivity contribution is -0.337. The zero-order valence-electron chi connectivity index (χ0n) is 25.2. The van der Waals surface area contributed by atoms with Crippen LogP contribution >= 0.6 is 0 Å². The molecule has 13 heteroatoms. The van der Waals surface area contributed by atoms with E-state index >= 15 is 0 Å². The first kappa shape index (κ1) is 32.9. The number of ether oxygens (including phenoxy) is 4. The van der Waals surface area contributed by atoms with Crippen molar-refractivity contribution < 1.29 is 64.6 Å². The molecule has 0 radical (unpaired) electrons. The van der Waals surface area contributed by atoms with Gasteiger partial charge in [-0.1, -0.05) is 27.4 Å². The van der Waals surface area contributed by atoms with Crippen molar-refractivity contribution in [2.75, 3.05) is 19.8 Å². The van der Waals surface area contributed by atoms with E-state index in [4.69, 9.17) is 18.9 Å². The molecule has 3 aliphatic carbocycles. The summed E-state index contributed by atoms with van der Waals surface area (Å²) in [6.07, 6.45) is -12.0. The van der Waals surface area contributed by atoms with Crippen LogP contribution in [0, 0.1) is 22.7 Å². The summed E-state index contributed by atoms with van der Waals surface area (Å²) in [5.74, 6) is -2.37. The molecular weight excluding hydrogens is 568 g/mol. The maximum Gasteiger partial charge on any atom is 0.187 e. The molecule has 4 fully saturated rings. The highest BCUT2D eigenvalue weighted by atomic mass is 16.7. The van der Waals surface area contributed by atoms with Crippen molar-refractivity contribution in [1.82, 2.24) is 0 Å². The zero-order chi connectivity index (χ0) is 32.0. The number of aliphatic hydroxyl groups excluding tert-OH is 6. The van der Waals surface area contributed by atoms with Crippen LogP contribution in [0.5, 0.6) is 0 Å². The number of fused-ring (bicyclic) bond motifs is 5. The normalized spacial score (nSPS) is 51.0. The molecule has 5 rings (SSSR count). The van der Waals surface area contributed by atoms with Crippen molar-refractivity contribution in [3.05, 3.63) is 23.5 Å². The van der Waals surface area contributed by atoms with Crippen LogP contribution in [0.1, 0.15) is 47.5 Å². The lowest BCUT2D eigenvalue weighted by Gasteiger charge is -2.67. The van der Waals surface area contributed by atoms with E-state index in [1.165, 1.54) is 0 Å². The fourth-order valence-corrected chi connectivity index (χ4v) is 8.77. The molecule has 0 aromatic rings. The molecule has 2 aliphatic heterocycles. The van der Waals surface area contributed by atoms with E-state index in [1.807, 2.05) is 0 Å². The minimum Gasteiger partial charge on any atom is -0.492 e.